The molecule has 15 heavy (non-hydrogen) atoms. The molecule has 0 saturated heterocycles. The molecule has 0 aliphatic heterocycles. The number of hydrogen-bond acceptors (Lipinski definition) is 3. The first-order chi connectivity index (χ1) is 6.97. The van der Waals surface area contributed by atoms with E-state index in [0.29, 0.717) is 12.2 Å². The minimum atomic E-state index is -0.368. The molecule has 0 fully saturated rings. The average Bonchev–Trinajstić information content (AvgIpc) is 2.17. The minimum absolute atomic E-state index is 0.0648. The summed E-state index contributed by atoms with van der Waals surface area (Å²) in [5, 5.41) is 0. The highest BCUT2D eigenvalue weighted by atomic mass is 16.6. The zero-order chi connectivity index (χ0) is 11.8. The monoisotopic (exact) mass is 212 g/mol. The zero-order valence-electron chi connectivity index (χ0n) is 9.84. The van der Waals surface area contributed by atoms with Gasteiger partial charge in [-0.3, -0.25) is 0 Å². The Balaban J connectivity index is 3.84. The van der Waals surface area contributed by atoms with Crippen LogP contribution >= 0.6 is 0 Å². The third-order valence-electron chi connectivity index (χ3n) is 1.77. The van der Waals surface area contributed by atoms with Crippen molar-refractivity contribution < 1.29 is 14.3 Å². The second-order valence-corrected chi connectivity index (χ2v) is 3.68. The van der Waals surface area contributed by atoms with E-state index in [1.807, 2.05) is 13.8 Å². The number of esters is 1. The summed E-state index contributed by atoms with van der Waals surface area (Å²) < 4.78 is 10.5. The lowest BCUT2D eigenvalue weighted by atomic mass is 10.3. The van der Waals surface area contributed by atoms with E-state index in [1.54, 1.807) is 6.92 Å². The predicted molar refractivity (Wildman–Crippen MR) is 60.6 cm³/mol. The third kappa shape index (κ3) is 6.91. The molecule has 1 unspecified atom stereocenters. The van der Waals surface area contributed by atoms with Crippen LogP contribution in [0.4, 0.5) is 0 Å². The highest BCUT2D eigenvalue weighted by molar-refractivity contribution is 5.86. The van der Waals surface area contributed by atoms with Crippen LogP contribution in [-0.2, 0) is 14.3 Å². The van der Waals surface area contributed by atoms with Crippen molar-refractivity contribution in [2.24, 2.45) is 0 Å². The van der Waals surface area contributed by atoms with Crippen molar-refractivity contribution in [1.29, 1.82) is 0 Å². The molecule has 0 aromatic rings. The Kier molecular flexibility index (Phi) is 6.71. The Bertz CT molecular complexity index is 243. The smallest absolute Gasteiger partial charge is 0.333 e. The van der Waals surface area contributed by atoms with E-state index >= 15 is 0 Å². The fourth-order valence-corrected chi connectivity index (χ4v) is 0.836. The normalized spacial score (nSPS) is 11.9. The lowest BCUT2D eigenvalue weighted by molar-refractivity contribution is -0.143. The molecule has 0 aliphatic carbocycles. The first-order valence-corrected chi connectivity index (χ1v) is 5.06. The van der Waals surface area contributed by atoms with Crippen LogP contribution in [0.15, 0.2) is 24.3 Å². The van der Waals surface area contributed by atoms with Gasteiger partial charge in [0.2, 0.25) is 0 Å². The van der Waals surface area contributed by atoms with Crippen LogP contribution in [-0.4, -0.2) is 25.3 Å². The first kappa shape index (κ1) is 13.9. The Labute approximate surface area is 91.8 Å². The Morgan fingerprint density at radius 1 is 1.33 bits per heavy atom. The van der Waals surface area contributed by atoms with Gasteiger partial charge >= 0.3 is 5.97 Å². The second kappa shape index (κ2) is 7.23. The van der Waals surface area contributed by atoms with Gasteiger partial charge in [-0.1, -0.05) is 25.7 Å². The molecule has 1 atom stereocenters. The van der Waals surface area contributed by atoms with Crippen molar-refractivity contribution in [3.8, 4) is 0 Å². The molecule has 86 valence electrons. The highest BCUT2D eigenvalue weighted by Crippen LogP contribution is 2.03. The van der Waals surface area contributed by atoms with Crippen LogP contribution in [0, 0.1) is 0 Å². The van der Waals surface area contributed by atoms with Gasteiger partial charge in [0, 0.05) is 5.57 Å². The van der Waals surface area contributed by atoms with E-state index in [-0.39, 0.29) is 18.7 Å². The van der Waals surface area contributed by atoms with Crippen molar-refractivity contribution in [3.63, 3.8) is 0 Å². The summed E-state index contributed by atoms with van der Waals surface area (Å²) in [4.78, 5) is 11.1. The number of ether oxygens (including phenoxy) is 2. The maximum atomic E-state index is 11.1. The summed E-state index contributed by atoms with van der Waals surface area (Å²) in [6.07, 6.45) is 0.738. The highest BCUT2D eigenvalue weighted by Gasteiger charge is 2.10. The lowest BCUT2D eigenvalue weighted by Crippen LogP contribution is -2.22. The quantitative estimate of drug-likeness (QED) is 0.369. The van der Waals surface area contributed by atoms with Crippen LogP contribution in [0.1, 0.15) is 27.2 Å². The zero-order valence-corrected chi connectivity index (χ0v) is 9.84. The summed E-state index contributed by atoms with van der Waals surface area (Å²) in [6.45, 7) is 13.5. The molecule has 0 bridgehead atoms. The Morgan fingerprint density at radius 2 is 1.93 bits per heavy atom. The van der Waals surface area contributed by atoms with Gasteiger partial charge in [0.05, 0.1) is 12.7 Å². The molecule has 0 saturated carbocycles. The maximum Gasteiger partial charge on any atom is 0.333 e. The van der Waals surface area contributed by atoms with Gasteiger partial charge in [-0.05, 0) is 20.3 Å². The third-order valence-corrected chi connectivity index (χ3v) is 1.77. The van der Waals surface area contributed by atoms with E-state index in [1.165, 1.54) is 0 Å². The van der Waals surface area contributed by atoms with Crippen LogP contribution in [0.25, 0.3) is 0 Å². The summed E-state index contributed by atoms with van der Waals surface area (Å²) in [6, 6.07) is 0. The largest absolute Gasteiger partial charge is 0.460 e. The van der Waals surface area contributed by atoms with Crippen molar-refractivity contribution >= 4 is 5.97 Å². The maximum absolute atomic E-state index is 11.1. The van der Waals surface area contributed by atoms with Gasteiger partial charge < -0.3 is 9.47 Å². The fourth-order valence-electron chi connectivity index (χ4n) is 0.836. The Morgan fingerprint density at radius 3 is 2.33 bits per heavy atom. The molecule has 0 N–H and O–H groups in total. The standard InChI is InChI=1S/C12H20O3/c1-6-11(14-7-9(2)3)8-15-12(13)10(4)5/h11H,2,4,6-8H2,1,3,5H3. The molecular weight excluding hydrogens is 192 g/mol. The number of rotatable bonds is 7. The van der Waals surface area contributed by atoms with Gasteiger partial charge in [0.25, 0.3) is 0 Å². The molecule has 0 aliphatic rings. The molecule has 0 heterocycles. The van der Waals surface area contributed by atoms with Crippen LogP contribution < -0.4 is 0 Å². The molecule has 3 nitrogen and oxygen atoms in total. The topological polar surface area (TPSA) is 35.5 Å². The van der Waals surface area contributed by atoms with Crippen LogP contribution in [0.5, 0.6) is 0 Å². The van der Waals surface area contributed by atoms with Gasteiger partial charge in [-0.15, -0.1) is 0 Å². The molecule has 0 radical (unpaired) electrons. The van der Waals surface area contributed by atoms with Crippen LogP contribution in [0.3, 0.4) is 0 Å². The lowest BCUT2D eigenvalue weighted by Gasteiger charge is -2.16. The van der Waals surface area contributed by atoms with Gasteiger partial charge in [-0.2, -0.15) is 0 Å². The van der Waals surface area contributed by atoms with E-state index < -0.39 is 0 Å². The van der Waals surface area contributed by atoms with Crippen molar-refractivity contribution in [1.82, 2.24) is 0 Å². The summed E-state index contributed by atoms with van der Waals surface area (Å²) >= 11 is 0. The number of hydrogen-bond donors (Lipinski definition) is 0. The molecule has 0 aromatic heterocycles. The molecule has 0 amide bonds. The predicted octanol–water partition coefficient (Wildman–Crippen LogP) is 2.48. The first-order valence-electron chi connectivity index (χ1n) is 5.06. The number of carbonyl (C=O) groups excluding carboxylic acids is 1. The van der Waals surface area contributed by atoms with Gasteiger partial charge in [0.1, 0.15) is 6.61 Å². The Hall–Kier alpha value is -1.09. The van der Waals surface area contributed by atoms with Crippen molar-refractivity contribution in [2.75, 3.05) is 13.2 Å². The van der Waals surface area contributed by atoms with E-state index in [0.717, 1.165) is 12.0 Å². The average molecular weight is 212 g/mol. The molecule has 3 heteroatoms. The molecular formula is C12H20O3. The molecule has 0 rings (SSSR count). The summed E-state index contributed by atoms with van der Waals surface area (Å²) in [5.41, 5.74) is 1.37. The molecule has 0 spiro atoms. The summed E-state index contributed by atoms with van der Waals surface area (Å²) in [5.74, 6) is -0.368. The second-order valence-electron chi connectivity index (χ2n) is 3.68. The van der Waals surface area contributed by atoms with Gasteiger partial charge in [-0.25, -0.2) is 4.79 Å². The van der Waals surface area contributed by atoms with Crippen molar-refractivity contribution in [2.45, 2.75) is 33.3 Å². The van der Waals surface area contributed by atoms with Crippen molar-refractivity contribution in [3.05, 3.63) is 24.3 Å². The molecule has 0 aromatic carbocycles. The summed E-state index contributed by atoms with van der Waals surface area (Å²) in [7, 11) is 0. The number of carbonyl (C=O) groups is 1. The SMILES string of the molecule is C=C(C)COC(CC)COC(=O)C(=C)C. The van der Waals surface area contributed by atoms with E-state index in [4.69, 9.17) is 9.47 Å². The van der Waals surface area contributed by atoms with Crippen LogP contribution in [0.2, 0.25) is 0 Å². The van der Waals surface area contributed by atoms with E-state index in [9.17, 15) is 4.79 Å². The van der Waals surface area contributed by atoms with E-state index in [2.05, 4.69) is 13.2 Å². The van der Waals surface area contributed by atoms with Gasteiger partial charge in [0.15, 0.2) is 0 Å². The fraction of sp³-hybridized carbons (Fsp3) is 0.583. The minimum Gasteiger partial charge on any atom is -0.460 e.